The number of phenols is 2. The molecule has 60 heavy (non-hydrogen) atoms. The number of carbonyl (C=O) groups excluding carboxylic acids is 4. The third-order valence-electron chi connectivity index (χ3n) is 12.9. The van der Waals surface area contributed by atoms with Crippen LogP contribution >= 0.6 is 11.3 Å². The molecule has 5 heterocycles. The normalized spacial score (nSPS) is 19.5. The number of rotatable bonds is 12. The lowest BCUT2D eigenvalue weighted by atomic mass is 9.88. The number of phenolic OH excluding ortho intramolecular Hbond substituents is 2. The fourth-order valence-corrected chi connectivity index (χ4v) is 10.7. The summed E-state index contributed by atoms with van der Waals surface area (Å²) < 4.78 is 7.05. The van der Waals surface area contributed by atoms with Gasteiger partial charge in [0.15, 0.2) is 5.78 Å². The molecule has 0 aliphatic carbocycles. The highest BCUT2D eigenvalue weighted by molar-refractivity contribution is 7.22. The molecule has 0 saturated carbocycles. The second-order valence-electron chi connectivity index (χ2n) is 16.8. The van der Waals surface area contributed by atoms with E-state index in [0.29, 0.717) is 48.1 Å². The van der Waals surface area contributed by atoms with E-state index in [9.17, 15) is 29.4 Å². The zero-order valence-corrected chi connectivity index (χ0v) is 34.4. The van der Waals surface area contributed by atoms with E-state index in [1.807, 2.05) is 30.3 Å². The molecule has 4 aliphatic heterocycles. The van der Waals surface area contributed by atoms with Crippen molar-refractivity contribution in [2.24, 2.45) is 5.92 Å². The molecule has 4 aliphatic rings. The molecule has 0 bridgehead atoms. The Kier molecular flexibility index (Phi) is 11.4. The SMILES string of the molecule is O=C1CCC(N2Cc3cc(C4CCN(CCCN5CCC(COc6ccc(C(=O)c7c(-c8ccc(O)cc8)sc8cc(O)ccc78)cc6)CC5)CC4)ccc3C2=O)C(=O)N1. The van der Waals surface area contributed by atoms with Gasteiger partial charge in [-0.25, -0.2) is 0 Å². The van der Waals surface area contributed by atoms with Gasteiger partial charge in [-0.2, -0.15) is 0 Å². The van der Waals surface area contributed by atoms with Crippen LogP contribution in [0.1, 0.15) is 88.3 Å². The number of nitrogens with one attached hydrogen (secondary N) is 1. The first kappa shape index (κ1) is 39.9. The van der Waals surface area contributed by atoms with E-state index in [4.69, 9.17) is 4.74 Å². The van der Waals surface area contributed by atoms with Gasteiger partial charge in [0.25, 0.3) is 5.91 Å². The Morgan fingerprint density at radius 3 is 2.20 bits per heavy atom. The van der Waals surface area contributed by atoms with Crippen molar-refractivity contribution in [3.63, 3.8) is 0 Å². The lowest BCUT2D eigenvalue weighted by molar-refractivity contribution is -0.136. The number of imide groups is 1. The maximum Gasteiger partial charge on any atom is 0.255 e. The lowest BCUT2D eigenvalue weighted by Crippen LogP contribution is -2.52. The molecule has 0 radical (unpaired) electrons. The lowest BCUT2D eigenvalue weighted by Gasteiger charge is -2.34. The Balaban J connectivity index is 0.699. The summed E-state index contributed by atoms with van der Waals surface area (Å²) in [5, 5.41) is 23.1. The van der Waals surface area contributed by atoms with Crippen LogP contribution in [0.3, 0.4) is 0 Å². The van der Waals surface area contributed by atoms with Crippen molar-refractivity contribution in [2.45, 2.75) is 63.5 Å². The van der Waals surface area contributed by atoms with Crippen molar-refractivity contribution in [3.8, 4) is 27.7 Å². The van der Waals surface area contributed by atoms with E-state index < -0.39 is 6.04 Å². The number of ketones is 1. The highest BCUT2D eigenvalue weighted by Crippen LogP contribution is 2.42. The molecular formula is C48H50N4O7S. The van der Waals surface area contributed by atoms with Gasteiger partial charge >= 0.3 is 0 Å². The number of likely N-dealkylation sites (tertiary alicyclic amines) is 2. The standard InChI is InChI=1S/C48H50N4O7S/c53-36-7-2-33(3-8-36)46-44(40-13-9-37(54)27-42(40)60-46)45(56)32-4-10-38(11-5-32)59-29-30-16-22-50(23-17-30)20-1-21-51-24-18-31(19-25-51)34-6-12-39-35(26-34)28-52(48(39)58)41-14-15-43(55)49-47(41)57/h2-13,26-27,30-31,41,53-54H,1,14-25,28-29H2,(H,49,55,57). The van der Waals surface area contributed by atoms with Gasteiger partial charge < -0.3 is 29.6 Å². The van der Waals surface area contributed by atoms with Crippen molar-refractivity contribution in [1.82, 2.24) is 20.0 Å². The molecule has 1 unspecified atom stereocenters. The van der Waals surface area contributed by atoms with Gasteiger partial charge in [0.05, 0.1) is 6.61 Å². The third kappa shape index (κ3) is 8.41. The summed E-state index contributed by atoms with van der Waals surface area (Å²) in [5.41, 5.74) is 4.91. The molecule has 9 rings (SSSR count). The molecule has 310 valence electrons. The average Bonchev–Trinajstić information content (AvgIpc) is 3.80. The first-order chi connectivity index (χ1) is 29.2. The van der Waals surface area contributed by atoms with Crippen LogP contribution in [0.15, 0.2) is 84.9 Å². The second-order valence-corrected chi connectivity index (χ2v) is 17.8. The fraction of sp³-hybridized carbons (Fsp3) is 0.375. The molecule has 5 aromatic rings. The number of thiophene rings is 1. The van der Waals surface area contributed by atoms with Crippen molar-refractivity contribution >= 4 is 44.9 Å². The number of carbonyl (C=O) groups is 4. The number of hydrogen-bond donors (Lipinski definition) is 3. The molecule has 1 atom stereocenters. The third-order valence-corrected chi connectivity index (χ3v) is 14.1. The molecule has 12 heteroatoms. The smallest absolute Gasteiger partial charge is 0.255 e. The summed E-state index contributed by atoms with van der Waals surface area (Å²) in [6, 6.07) is 24.9. The maximum atomic E-state index is 14.0. The van der Waals surface area contributed by atoms with Gasteiger partial charge in [-0.1, -0.05) is 12.1 Å². The number of piperidine rings is 3. The average molecular weight is 827 g/mol. The monoisotopic (exact) mass is 826 g/mol. The van der Waals surface area contributed by atoms with Crippen LogP contribution in [0.25, 0.3) is 20.5 Å². The van der Waals surface area contributed by atoms with Crippen LogP contribution in [0.5, 0.6) is 17.2 Å². The number of hydrogen-bond acceptors (Lipinski definition) is 10. The number of fused-ring (bicyclic) bond motifs is 2. The molecular weight excluding hydrogens is 777 g/mol. The Hall–Kier alpha value is -5.56. The van der Waals surface area contributed by atoms with Crippen LogP contribution < -0.4 is 10.1 Å². The Morgan fingerprint density at radius 2 is 1.48 bits per heavy atom. The van der Waals surface area contributed by atoms with Crippen LogP contribution in [0.4, 0.5) is 0 Å². The molecule has 3 amide bonds. The Morgan fingerprint density at radius 1 is 0.783 bits per heavy atom. The van der Waals surface area contributed by atoms with Crippen molar-refractivity contribution in [1.29, 1.82) is 0 Å². The predicted molar refractivity (Wildman–Crippen MR) is 231 cm³/mol. The highest BCUT2D eigenvalue weighted by Gasteiger charge is 2.39. The summed E-state index contributed by atoms with van der Waals surface area (Å²) in [4.78, 5) is 58.7. The van der Waals surface area contributed by atoms with Crippen LogP contribution in [-0.4, -0.2) is 100 Å². The highest BCUT2D eigenvalue weighted by atomic mass is 32.1. The number of aromatic hydroxyl groups is 2. The summed E-state index contributed by atoms with van der Waals surface area (Å²) in [6.45, 7) is 7.53. The molecule has 4 aromatic carbocycles. The maximum absolute atomic E-state index is 14.0. The molecule has 1 aromatic heterocycles. The minimum absolute atomic E-state index is 0.101. The van der Waals surface area contributed by atoms with Crippen LogP contribution in [0.2, 0.25) is 0 Å². The van der Waals surface area contributed by atoms with Gasteiger partial charge in [-0.3, -0.25) is 24.5 Å². The van der Waals surface area contributed by atoms with Crippen LogP contribution in [-0.2, 0) is 16.1 Å². The number of amides is 3. The first-order valence-electron chi connectivity index (χ1n) is 21.2. The fourth-order valence-electron chi connectivity index (χ4n) is 9.42. The largest absolute Gasteiger partial charge is 0.508 e. The molecule has 3 N–H and O–H groups in total. The number of benzene rings is 4. The summed E-state index contributed by atoms with van der Waals surface area (Å²) in [6.07, 6.45) is 6.16. The molecule has 3 saturated heterocycles. The summed E-state index contributed by atoms with van der Waals surface area (Å²) in [7, 11) is 0. The summed E-state index contributed by atoms with van der Waals surface area (Å²) >= 11 is 1.45. The quantitative estimate of drug-likeness (QED) is 0.0872. The van der Waals surface area contributed by atoms with Crippen molar-refractivity contribution < 1.29 is 34.1 Å². The van der Waals surface area contributed by atoms with Crippen molar-refractivity contribution in [2.75, 3.05) is 45.9 Å². The Bertz CT molecular complexity index is 2410. The minimum atomic E-state index is -0.585. The van der Waals surface area contributed by atoms with Gasteiger partial charge in [-0.05, 0) is 179 Å². The zero-order chi connectivity index (χ0) is 41.3. The first-order valence-corrected chi connectivity index (χ1v) is 22.0. The van der Waals surface area contributed by atoms with E-state index >= 15 is 0 Å². The zero-order valence-electron chi connectivity index (χ0n) is 33.6. The second kappa shape index (κ2) is 17.2. The molecule has 0 spiro atoms. The van der Waals surface area contributed by atoms with Gasteiger partial charge in [-0.15, -0.1) is 11.3 Å². The van der Waals surface area contributed by atoms with Crippen molar-refractivity contribution in [3.05, 3.63) is 113 Å². The molecule has 11 nitrogen and oxygen atoms in total. The van der Waals surface area contributed by atoms with E-state index in [1.54, 1.807) is 47.4 Å². The van der Waals surface area contributed by atoms with E-state index in [-0.39, 0.29) is 41.4 Å². The Labute approximate surface area is 353 Å². The topological polar surface area (TPSA) is 140 Å². The van der Waals surface area contributed by atoms with Gasteiger partial charge in [0.1, 0.15) is 23.3 Å². The van der Waals surface area contributed by atoms with E-state index in [1.165, 1.54) is 16.9 Å². The van der Waals surface area contributed by atoms with Gasteiger partial charge in [0, 0.05) is 44.6 Å². The van der Waals surface area contributed by atoms with E-state index in [0.717, 1.165) is 103 Å². The molecule has 3 fully saturated rings. The number of nitrogens with zero attached hydrogens (tertiary/aromatic N) is 3. The predicted octanol–water partition coefficient (Wildman–Crippen LogP) is 7.33. The summed E-state index contributed by atoms with van der Waals surface area (Å²) in [5.74, 6) is 1.14. The van der Waals surface area contributed by atoms with Crippen LogP contribution in [0, 0.1) is 5.92 Å². The van der Waals surface area contributed by atoms with E-state index in [2.05, 4.69) is 27.2 Å². The minimum Gasteiger partial charge on any atom is -0.508 e. The number of ether oxygens (including phenoxy) is 1. The van der Waals surface area contributed by atoms with Gasteiger partial charge in [0.2, 0.25) is 11.8 Å².